The number of allylic oxidation sites excluding steroid dienone is 2. The molecule has 0 spiro atoms. The van der Waals surface area contributed by atoms with Crippen molar-refractivity contribution in [1.29, 1.82) is 0 Å². The molecule has 2 heterocycles. The standard InChI is InChI=1S/C32H25ClFN3O6/c1-32-21(28(40)36(30(32)42)15-7-11-23(34)22(33)12-15)13-20-17(9-10-18-24(20)29(41)37(27(18)39)31(35)43)25(32)19-8-6-14-4-2-3-5-16(14)26(19)38/h2-9,11-12,18,20-21,24-25,38H,10,13H2,1H3,(H2,35,43)/t18-,20+,21-,24-,25+,32+/m0/s1. The van der Waals surface area contributed by atoms with E-state index in [0.29, 0.717) is 21.4 Å². The quantitative estimate of drug-likeness (QED) is 0.324. The second-order valence-electron chi connectivity index (χ2n) is 11.8. The molecule has 3 aromatic carbocycles. The van der Waals surface area contributed by atoms with Crippen LogP contribution in [0.2, 0.25) is 5.02 Å². The number of likely N-dealkylation sites (tertiary alicyclic amines) is 1. The molecule has 3 fully saturated rings. The molecule has 2 saturated heterocycles. The SMILES string of the molecule is C[C@@]12C(=O)N(c3ccc(F)c(Cl)c3)C(=O)[C@@H]1C[C@@H]1C(=CC[C@@H]3C(=O)N(C(N)=O)C(=O)[C@@H]31)[C@@H]2c1ccc2ccccc2c1O. The van der Waals surface area contributed by atoms with Gasteiger partial charge in [0.05, 0.1) is 33.9 Å². The van der Waals surface area contributed by atoms with Gasteiger partial charge in [0.25, 0.3) is 0 Å². The number of imide groups is 4. The fourth-order valence-electron chi connectivity index (χ4n) is 7.95. The lowest BCUT2D eigenvalue weighted by Crippen LogP contribution is -2.49. The number of anilines is 1. The maximum absolute atomic E-state index is 14.5. The van der Waals surface area contributed by atoms with Gasteiger partial charge in [0.15, 0.2) is 0 Å². The Balaban J connectivity index is 1.44. The molecule has 218 valence electrons. The number of nitrogens with two attached hydrogens (primary N) is 1. The van der Waals surface area contributed by atoms with Gasteiger partial charge in [0.2, 0.25) is 23.6 Å². The average Bonchev–Trinajstić information content (AvgIpc) is 3.35. The highest BCUT2D eigenvalue weighted by atomic mass is 35.5. The Morgan fingerprint density at radius 3 is 2.49 bits per heavy atom. The van der Waals surface area contributed by atoms with Crippen molar-refractivity contribution < 1.29 is 33.5 Å². The van der Waals surface area contributed by atoms with E-state index < -0.39 is 70.5 Å². The van der Waals surface area contributed by atoms with E-state index >= 15 is 0 Å². The summed E-state index contributed by atoms with van der Waals surface area (Å²) in [6, 6.07) is 13.1. The lowest BCUT2D eigenvalue weighted by Gasteiger charge is -2.49. The molecule has 1 saturated carbocycles. The number of benzene rings is 3. The fraction of sp³-hybridized carbons (Fsp3) is 0.281. The number of aromatic hydroxyl groups is 1. The molecular formula is C32H25ClFN3O6. The molecule has 2 aliphatic heterocycles. The summed E-state index contributed by atoms with van der Waals surface area (Å²) in [5.74, 6) is -7.68. The molecule has 6 amide bonds. The highest BCUT2D eigenvalue weighted by Gasteiger charge is 2.68. The minimum absolute atomic E-state index is 0.0377. The Labute approximate surface area is 249 Å². The van der Waals surface area contributed by atoms with Gasteiger partial charge in [-0.05, 0) is 49.3 Å². The summed E-state index contributed by atoms with van der Waals surface area (Å²) in [7, 11) is 0. The van der Waals surface area contributed by atoms with Crippen molar-refractivity contribution in [1.82, 2.24) is 4.90 Å². The van der Waals surface area contributed by atoms with E-state index in [9.17, 15) is 33.5 Å². The molecule has 4 aliphatic rings. The van der Waals surface area contributed by atoms with Crippen LogP contribution in [0, 0.1) is 34.9 Å². The third-order valence-electron chi connectivity index (χ3n) is 9.90. The van der Waals surface area contributed by atoms with E-state index in [1.54, 1.807) is 31.2 Å². The molecule has 43 heavy (non-hydrogen) atoms. The number of phenols is 1. The van der Waals surface area contributed by atoms with E-state index in [2.05, 4.69) is 0 Å². The van der Waals surface area contributed by atoms with E-state index in [-0.39, 0.29) is 29.3 Å². The first-order valence-electron chi connectivity index (χ1n) is 13.9. The van der Waals surface area contributed by atoms with Gasteiger partial charge in [-0.2, -0.15) is 4.90 Å². The number of urea groups is 1. The van der Waals surface area contributed by atoms with E-state index in [0.717, 1.165) is 16.4 Å². The molecule has 0 bridgehead atoms. The van der Waals surface area contributed by atoms with E-state index in [1.807, 2.05) is 18.2 Å². The van der Waals surface area contributed by atoms with Crippen LogP contribution < -0.4 is 10.6 Å². The van der Waals surface area contributed by atoms with Crippen molar-refractivity contribution in [3.05, 3.63) is 82.6 Å². The monoisotopic (exact) mass is 601 g/mol. The van der Waals surface area contributed by atoms with Crippen molar-refractivity contribution >= 4 is 57.7 Å². The summed E-state index contributed by atoms with van der Waals surface area (Å²) in [5, 5.41) is 12.7. The van der Waals surface area contributed by atoms with Gasteiger partial charge in [-0.3, -0.25) is 19.2 Å². The van der Waals surface area contributed by atoms with Gasteiger partial charge < -0.3 is 10.8 Å². The maximum Gasteiger partial charge on any atom is 0.328 e. The normalized spacial score (nSPS) is 29.9. The number of phenolic OH excluding ortho intramolecular Hbond substituents is 1. The summed E-state index contributed by atoms with van der Waals surface area (Å²) >= 11 is 6.03. The lowest BCUT2D eigenvalue weighted by molar-refractivity contribution is -0.136. The van der Waals surface area contributed by atoms with Gasteiger partial charge in [0, 0.05) is 16.9 Å². The van der Waals surface area contributed by atoms with Gasteiger partial charge in [-0.25, -0.2) is 14.1 Å². The number of hydrogen-bond acceptors (Lipinski definition) is 6. The molecule has 2 aliphatic carbocycles. The first kappa shape index (κ1) is 27.3. The number of primary amides is 1. The molecule has 0 aromatic heterocycles. The molecule has 6 atom stereocenters. The van der Waals surface area contributed by atoms with Crippen LogP contribution in [-0.2, 0) is 19.2 Å². The van der Waals surface area contributed by atoms with E-state index in [4.69, 9.17) is 17.3 Å². The maximum atomic E-state index is 14.5. The number of rotatable bonds is 2. The smallest absolute Gasteiger partial charge is 0.328 e. The largest absolute Gasteiger partial charge is 0.507 e. The predicted molar refractivity (Wildman–Crippen MR) is 153 cm³/mol. The number of fused-ring (bicyclic) bond motifs is 5. The van der Waals surface area contributed by atoms with Crippen molar-refractivity contribution in [3.8, 4) is 5.75 Å². The third-order valence-corrected chi connectivity index (χ3v) is 10.2. The Kier molecular flexibility index (Phi) is 5.84. The summed E-state index contributed by atoms with van der Waals surface area (Å²) in [6.07, 6.45) is 1.96. The Morgan fingerprint density at radius 2 is 1.77 bits per heavy atom. The lowest BCUT2D eigenvalue weighted by atomic mass is 9.51. The molecule has 11 heteroatoms. The van der Waals surface area contributed by atoms with Crippen LogP contribution in [0.25, 0.3) is 10.8 Å². The number of halogens is 2. The van der Waals surface area contributed by atoms with Gasteiger partial charge in [-0.1, -0.05) is 59.6 Å². The molecule has 3 aromatic rings. The minimum atomic E-state index is -1.43. The van der Waals surface area contributed by atoms with Gasteiger partial charge in [0.1, 0.15) is 11.6 Å². The molecule has 3 N–H and O–H groups in total. The van der Waals surface area contributed by atoms with Crippen molar-refractivity contribution in [3.63, 3.8) is 0 Å². The first-order chi connectivity index (χ1) is 20.5. The Hall–Kier alpha value is -4.57. The zero-order valence-corrected chi connectivity index (χ0v) is 23.5. The zero-order valence-electron chi connectivity index (χ0n) is 22.8. The summed E-state index contributed by atoms with van der Waals surface area (Å²) in [4.78, 5) is 68.8. The molecule has 9 nitrogen and oxygen atoms in total. The third kappa shape index (κ3) is 3.53. The van der Waals surface area contributed by atoms with Crippen LogP contribution in [-0.4, -0.2) is 39.7 Å². The second-order valence-corrected chi connectivity index (χ2v) is 12.2. The topological polar surface area (TPSA) is 138 Å². The van der Waals surface area contributed by atoms with Crippen molar-refractivity contribution in [2.75, 3.05) is 4.90 Å². The molecule has 0 radical (unpaired) electrons. The van der Waals surface area contributed by atoms with E-state index in [1.165, 1.54) is 12.1 Å². The highest BCUT2D eigenvalue weighted by Crippen LogP contribution is 2.64. The number of carbonyl (C=O) groups excluding carboxylic acids is 5. The first-order valence-corrected chi connectivity index (χ1v) is 14.3. The number of amides is 6. The number of carbonyl (C=O) groups is 5. The highest BCUT2D eigenvalue weighted by molar-refractivity contribution is 6.31. The summed E-state index contributed by atoms with van der Waals surface area (Å²) in [5.41, 5.74) is 5.10. The average molecular weight is 602 g/mol. The second kappa shape index (κ2) is 9.21. The van der Waals surface area contributed by atoms with Crippen LogP contribution in [0.15, 0.2) is 66.2 Å². The minimum Gasteiger partial charge on any atom is -0.507 e. The Morgan fingerprint density at radius 1 is 1.02 bits per heavy atom. The Bertz CT molecular complexity index is 1860. The van der Waals surface area contributed by atoms with Crippen LogP contribution in [0.3, 0.4) is 0 Å². The predicted octanol–water partition coefficient (Wildman–Crippen LogP) is 4.65. The molecule has 0 unspecified atom stereocenters. The zero-order chi connectivity index (χ0) is 30.5. The number of nitrogens with zero attached hydrogens (tertiary/aromatic N) is 2. The summed E-state index contributed by atoms with van der Waals surface area (Å²) in [6.45, 7) is 1.67. The summed E-state index contributed by atoms with van der Waals surface area (Å²) < 4.78 is 14.0. The fourth-order valence-corrected chi connectivity index (χ4v) is 8.13. The van der Waals surface area contributed by atoms with Gasteiger partial charge in [-0.15, -0.1) is 0 Å². The van der Waals surface area contributed by atoms with Crippen LogP contribution in [0.4, 0.5) is 14.9 Å². The van der Waals surface area contributed by atoms with Crippen molar-refractivity contribution in [2.24, 2.45) is 34.8 Å². The van der Waals surface area contributed by atoms with Crippen molar-refractivity contribution in [2.45, 2.75) is 25.7 Å². The molecular weight excluding hydrogens is 577 g/mol. The van der Waals surface area contributed by atoms with Gasteiger partial charge >= 0.3 is 6.03 Å². The van der Waals surface area contributed by atoms with Crippen LogP contribution in [0.1, 0.15) is 31.2 Å². The number of hydrogen-bond donors (Lipinski definition) is 2. The molecule has 7 rings (SSSR count). The van der Waals surface area contributed by atoms with Crippen LogP contribution in [0.5, 0.6) is 5.75 Å². The van der Waals surface area contributed by atoms with Crippen LogP contribution >= 0.6 is 11.6 Å².